The van der Waals surface area contributed by atoms with Gasteiger partial charge in [-0.25, -0.2) is 0 Å². The molecule has 0 spiro atoms. The average Bonchev–Trinajstić information content (AvgIpc) is 3.32. The van der Waals surface area contributed by atoms with Crippen LogP contribution in [0.5, 0.6) is 11.5 Å². The number of anilines is 1. The summed E-state index contributed by atoms with van der Waals surface area (Å²) < 4.78 is 10.8. The van der Waals surface area contributed by atoms with Crippen LogP contribution in [0.1, 0.15) is 48.7 Å². The van der Waals surface area contributed by atoms with Crippen molar-refractivity contribution < 1.29 is 19.1 Å². The molecule has 2 aromatic carbocycles. The number of nitrogens with one attached hydrogen (secondary N) is 1. The third-order valence-electron chi connectivity index (χ3n) is 5.36. The highest BCUT2D eigenvalue weighted by atomic mass is 16.7. The highest BCUT2D eigenvalue weighted by Crippen LogP contribution is 2.36. The van der Waals surface area contributed by atoms with E-state index >= 15 is 0 Å². The van der Waals surface area contributed by atoms with Crippen LogP contribution in [0.15, 0.2) is 36.4 Å². The second-order valence-electron chi connectivity index (χ2n) is 7.64. The zero-order valence-corrected chi connectivity index (χ0v) is 16.4. The van der Waals surface area contributed by atoms with Crippen LogP contribution >= 0.6 is 0 Å². The number of hydrogen-bond donors (Lipinski definition) is 1. The molecule has 2 aliphatic heterocycles. The van der Waals surface area contributed by atoms with Gasteiger partial charge in [0.2, 0.25) is 12.7 Å². The number of ether oxygens (including phenoxy) is 2. The lowest BCUT2D eigenvalue weighted by Crippen LogP contribution is -2.41. The fourth-order valence-electron chi connectivity index (χ4n) is 3.71. The normalized spacial score (nSPS) is 14.8. The molecule has 0 saturated heterocycles. The van der Waals surface area contributed by atoms with Crippen molar-refractivity contribution in [3.63, 3.8) is 0 Å². The Morgan fingerprint density at radius 1 is 1.11 bits per heavy atom. The maximum absolute atomic E-state index is 12.9. The Hall–Kier alpha value is -3.02. The summed E-state index contributed by atoms with van der Waals surface area (Å²) in [6.45, 7) is 6.67. The first-order valence-corrected chi connectivity index (χ1v) is 9.55. The van der Waals surface area contributed by atoms with Gasteiger partial charge in [-0.1, -0.05) is 13.0 Å². The lowest BCUT2D eigenvalue weighted by molar-refractivity contribution is -0.118. The third kappa shape index (κ3) is 3.19. The molecule has 146 valence electrons. The van der Waals surface area contributed by atoms with E-state index < -0.39 is 5.54 Å². The number of fused-ring (bicyclic) bond motifs is 2. The summed E-state index contributed by atoms with van der Waals surface area (Å²) in [4.78, 5) is 26.7. The van der Waals surface area contributed by atoms with E-state index in [2.05, 4.69) is 5.32 Å². The van der Waals surface area contributed by atoms with Crippen molar-refractivity contribution in [1.29, 1.82) is 0 Å². The van der Waals surface area contributed by atoms with Crippen LogP contribution in [-0.4, -0.2) is 25.2 Å². The zero-order chi connectivity index (χ0) is 19.9. The summed E-state index contributed by atoms with van der Waals surface area (Å²) in [5.74, 6) is 1.37. The first-order valence-electron chi connectivity index (χ1n) is 9.55. The first kappa shape index (κ1) is 18.3. The molecule has 0 aromatic heterocycles. The summed E-state index contributed by atoms with van der Waals surface area (Å²) in [6.07, 6.45) is 1.25. The molecule has 1 N–H and O–H groups in total. The molecule has 0 bridgehead atoms. The zero-order valence-electron chi connectivity index (χ0n) is 16.4. The van der Waals surface area contributed by atoms with Gasteiger partial charge in [-0.05, 0) is 61.7 Å². The van der Waals surface area contributed by atoms with E-state index in [9.17, 15) is 9.59 Å². The van der Waals surface area contributed by atoms with Crippen molar-refractivity contribution in [2.45, 2.75) is 39.2 Å². The van der Waals surface area contributed by atoms with Gasteiger partial charge in [0.15, 0.2) is 11.5 Å². The maximum atomic E-state index is 12.9. The molecule has 0 unspecified atom stereocenters. The Balaban J connectivity index is 1.53. The van der Waals surface area contributed by atoms with Gasteiger partial charge in [0.05, 0.1) is 5.54 Å². The molecule has 0 atom stereocenters. The second kappa shape index (κ2) is 6.86. The second-order valence-corrected chi connectivity index (χ2v) is 7.64. The van der Waals surface area contributed by atoms with Crippen LogP contribution in [0.3, 0.4) is 0 Å². The first-order chi connectivity index (χ1) is 13.4. The van der Waals surface area contributed by atoms with E-state index in [1.165, 1.54) is 0 Å². The minimum atomic E-state index is -0.582. The predicted molar refractivity (Wildman–Crippen MR) is 106 cm³/mol. The van der Waals surface area contributed by atoms with E-state index in [0.717, 1.165) is 29.0 Å². The fraction of sp³-hybridized carbons (Fsp3) is 0.364. The number of benzene rings is 2. The summed E-state index contributed by atoms with van der Waals surface area (Å²) in [7, 11) is 0. The Labute approximate surface area is 164 Å². The Morgan fingerprint density at radius 3 is 2.68 bits per heavy atom. The third-order valence-corrected chi connectivity index (χ3v) is 5.36. The standard InChI is InChI=1S/C22H24N2O4/c1-4-20(25)24-10-9-14-11-15(5-7-17(14)24)21(26)23-22(2,3)16-6-8-18-19(12-16)28-13-27-18/h5-8,11-12H,4,9-10,13H2,1-3H3,(H,23,26). The molecule has 6 heteroatoms. The molecule has 2 heterocycles. The summed E-state index contributed by atoms with van der Waals surface area (Å²) in [5, 5.41) is 3.10. The Bertz CT molecular complexity index is 952. The van der Waals surface area contributed by atoms with Crippen LogP contribution in [-0.2, 0) is 16.8 Å². The molecular weight excluding hydrogens is 356 g/mol. The van der Waals surface area contributed by atoms with Crippen molar-refractivity contribution in [3.05, 3.63) is 53.1 Å². The lowest BCUT2D eigenvalue weighted by atomic mass is 9.93. The molecule has 2 aliphatic rings. The molecular formula is C22H24N2O4. The molecule has 0 radical (unpaired) electrons. The smallest absolute Gasteiger partial charge is 0.251 e. The van der Waals surface area contributed by atoms with Crippen LogP contribution in [0.25, 0.3) is 0 Å². The minimum absolute atomic E-state index is 0.111. The molecule has 2 amide bonds. The molecule has 6 nitrogen and oxygen atoms in total. The van der Waals surface area contributed by atoms with E-state index in [1.807, 2.05) is 51.1 Å². The molecule has 0 fully saturated rings. The lowest BCUT2D eigenvalue weighted by Gasteiger charge is -2.27. The molecule has 2 aromatic rings. The van der Waals surface area contributed by atoms with Crippen LogP contribution in [0.4, 0.5) is 5.69 Å². The molecule has 4 rings (SSSR count). The minimum Gasteiger partial charge on any atom is -0.454 e. The number of carbonyl (C=O) groups is 2. The molecule has 28 heavy (non-hydrogen) atoms. The van der Waals surface area contributed by atoms with Gasteiger partial charge in [0.25, 0.3) is 5.91 Å². The number of hydrogen-bond acceptors (Lipinski definition) is 4. The highest BCUT2D eigenvalue weighted by Gasteiger charge is 2.28. The van der Waals surface area contributed by atoms with Gasteiger partial charge in [-0.15, -0.1) is 0 Å². The summed E-state index contributed by atoms with van der Waals surface area (Å²) in [5.41, 5.74) is 2.90. The monoisotopic (exact) mass is 380 g/mol. The van der Waals surface area contributed by atoms with Crippen molar-refractivity contribution >= 4 is 17.5 Å². The van der Waals surface area contributed by atoms with Crippen molar-refractivity contribution in [3.8, 4) is 11.5 Å². The number of rotatable bonds is 4. The maximum Gasteiger partial charge on any atom is 0.251 e. The van der Waals surface area contributed by atoms with Gasteiger partial charge in [-0.3, -0.25) is 9.59 Å². The average molecular weight is 380 g/mol. The van der Waals surface area contributed by atoms with E-state index in [4.69, 9.17) is 9.47 Å². The van der Waals surface area contributed by atoms with E-state index in [0.29, 0.717) is 24.3 Å². The van der Waals surface area contributed by atoms with Crippen LogP contribution < -0.4 is 19.7 Å². The highest BCUT2D eigenvalue weighted by molar-refractivity contribution is 5.98. The Morgan fingerprint density at radius 2 is 1.89 bits per heavy atom. The van der Waals surface area contributed by atoms with E-state index in [-0.39, 0.29) is 18.6 Å². The Kier molecular flexibility index (Phi) is 4.49. The van der Waals surface area contributed by atoms with Gasteiger partial charge >= 0.3 is 0 Å². The SMILES string of the molecule is CCC(=O)N1CCc2cc(C(=O)NC(C)(C)c3ccc4c(c3)OCO4)ccc21. The van der Waals surface area contributed by atoms with Crippen LogP contribution in [0.2, 0.25) is 0 Å². The number of carbonyl (C=O) groups excluding carboxylic acids is 2. The van der Waals surface area contributed by atoms with Crippen LogP contribution in [0, 0.1) is 0 Å². The topological polar surface area (TPSA) is 67.9 Å². The van der Waals surface area contributed by atoms with Gasteiger partial charge in [0.1, 0.15) is 0 Å². The van der Waals surface area contributed by atoms with Gasteiger partial charge in [0, 0.05) is 24.2 Å². The number of nitrogens with zero attached hydrogens (tertiary/aromatic N) is 1. The summed E-state index contributed by atoms with van der Waals surface area (Å²) >= 11 is 0. The van der Waals surface area contributed by atoms with Crippen molar-refractivity contribution in [2.75, 3.05) is 18.2 Å². The predicted octanol–water partition coefficient (Wildman–Crippen LogP) is 3.38. The quantitative estimate of drug-likeness (QED) is 0.883. The van der Waals surface area contributed by atoms with Crippen molar-refractivity contribution in [1.82, 2.24) is 5.32 Å². The molecule has 0 saturated carbocycles. The van der Waals surface area contributed by atoms with Crippen molar-refractivity contribution in [2.24, 2.45) is 0 Å². The van der Waals surface area contributed by atoms with Gasteiger partial charge in [-0.2, -0.15) is 0 Å². The fourth-order valence-corrected chi connectivity index (χ4v) is 3.71. The van der Waals surface area contributed by atoms with E-state index in [1.54, 1.807) is 11.0 Å². The number of amides is 2. The summed E-state index contributed by atoms with van der Waals surface area (Å²) in [6, 6.07) is 11.2. The molecule has 0 aliphatic carbocycles. The largest absolute Gasteiger partial charge is 0.454 e. The van der Waals surface area contributed by atoms with Gasteiger partial charge < -0.3 is 19.7 Å².